The molecular formula is C19H30O4. The van der Waals surface area contributed by atoms with Crippen molar-refractivity contribution >= 4 is 0 Å². The van der Waals surface area contributed by atoms with E-state index in [1.807, 2.05) is 12.1 Å². The van der Waals surface area contributed by atoms with Gasteiger partial charge in [-0.15, -0.1) is 6.58 Å². The lowest BCUT2D eigenvalue weighted by atomic mass is 10.1. The third kappa shape index (κ3) is 8.74. The summed E-state index contributed by atoms with van der Waals surface area (Å²) in [6.07, 6.45) is 4.68. The van der Waals surface area contributed by atoms with Crippen LogP contribution in [0.2, 0.25) is 0 Å². The number of benzene rings is 1. The summed E-state index contributed by atoms with van der Waals surface area (Å²) in [7, 11) is 1.63. The van der Waals surface area contributed by atoms with E-state index < -0.39 is 6.10 Å². The van der Waals surface area contributed by atoms with Crippen LogP contribution >= 0.6 is 0 Å². The molecule has 0 aliphatic heterocycles. The van der Waals surface area contributed by atoms with E-state index in [0.29, 0.717) is 26.2 Å². The molecule has 0 heterocycles. The van der Waals surface area contributed by atoms with Crippen molar-refractivity contribution in [3.8, 4) is 5.75 Å². The second kappa shape index (κ2) is 12.1. The second-order valence-electron chi connectivity index (χ2n) is 5.58. The van der Waals surface area contributed by atoms with Crippen molar-refractivity contribution in [2.24, 2.45) is 0 Å². The molecule has 0 radical (unpaired) electrons. The molecule has 0 aliphatic rings. The number of aryl methyl sites for hydroxylation is 1. The average molecular weight is 322 g/mol. The van der Waals surface area contributed by atoms with Gasteiger partial charge in [0.15, 0.2) is 0 Å². The Labute approximate surface area is 140 Å². The fourth-order valence-corrected chi connectivity index (χ4v) is 2.17. The molecule has 0 bridgehead atoms. The SMILES string of the molecule is C=CC(O)CC(COc1ccc(CCCC)cc1)OCCOC. The van der Waals surface area contributed by atoms with Gasteiger partial charge in [-0.3, -0.25) is 0 Å². The number of hydrogen-bond acceptors (Lipinski definition) is 4. The zero-order valence-electron chi connectivity index (χ0n) is 14.4. The summed E-state index contributed by atoms with van der Waals surface area (Å²) < 4.78 is 16.5. The smallest absolute Gasteiger partial charge is 0.119 e. The maximum Gasteiger partial charge on any atom is 0.119 e. The molecule has 23 heavy (non-hydrogen) atoms. The van der Waals surface area contributed by atoms with Crippen LogP contribution in [0, 0.1) is 0 Å². The van der Waals surface area contributed by atoms with Crippen molar-refractivity contribution in [2.75, 3.05) is 26.9 Å². The van der Waals surface area contributed by atoms with E-state index in [4.69, 9.17) is 14.2 Å². The van der Waals surface area contributed by atoms with Crippen molar-refractivity contribution in [2.45, 2.75) is 44.8 Å². The normalized spacial score (nSPS) is 13.5. The van der Waals surface area contributed by atoms with Gasteiger partial charge >= 0.3 is 0 Å². The Hall–Kier alpha value is -1.36. The second-order valence-corrected chi connectivity index (χ2v) is 5.58. The van der Waals surface area contributed by atoms with E-state index in [9.17, 15) is 5.11 Å². The third-order valence-corrected chi connectivity index (χ3v) is 3.60. The molecule has 2 atom stereocenters. The van der Waals surface area contributed by atoms with Gasteiger partial charge in [0, 0.05) is 13.5 Å². The number of methoxy groups -OCH3 is 1. The van der Waals surface area contributed by atoms with E-state index in [0.717, 1.165) is 12.2 Å². The number of rotatable bonds is 13. The molecule has 0 saturated heterocycles. The first-order valence-electron chi connectivity index (χ1n) is 8.32. The molecule has 130 valence electrons. The highest BCUT2D eigenvalue weighted by Crippen LogP contribution is 2.15. The standard InChI is InChI=1S/C19H30O4/c1-4-6-7-16-8-10-18(11-9-16)23-15-19(14-17(20)5-2)22-13-12-21-3/h5,8-11,17,19-20H,2,4,6-7,12-15H2,1,3H3. The van der Waals surface area contributed by atoms with E-state index in [2.05, 4.69) is 25.6 Å². The van der Waals surface area contributed by atoms with Gasteiger partial charge in [-0.25, -0.2) is 0 Å². The van der Waals surface area contributed by atoms with Gasteiger partial charge in [-0.05, 0) is 30.5 Å². The first kappa shape index (κ1) is 19.7. The van der Waals surface area contributed by atoms with Crippen LogP contribution < -0.4 is 4.74 Å². The minimum Gasteiger partial charge on any atom is -0.491 e. The number of hydrogen-bond donors (Lipinski definition) is 1. The van der Waals surface area contributed by atoms with E-state index in [1.54, 1.807) is 7.11 Å². The van der Waals surface area contributed by atoms with Gasteiger partial charge in [-0.1, -0.05) is 31.6 Å². The van der Waals surface area contributed by atoms with Crippen LogP contribution in [-0.4, -0.2) is 44.2 Å². The Bertz CT molecular complexity index is 416. The summed E-state index contributed by atoms with van der Waals surface area (Å²) >= 11 is 0. The van der Waals surface area contributed by atoms with Crippen LogP contribution in [0.3, 0.4) is 0 Å². The molecule has 0 aliphatic carbocycles. The van der Waals surface area contributed by atoms with Crippen molar-refractivity contribution in [1.29, 1.82) is 0 Å². The van der Waals surface area contributed by atoms with E-state index in [-0.39, 0.29) is 6.10 Å². The Morgan fingerprint density at radius 1 is 1.22 bits per heavy atom. The van der Waals surface area contributed by atoms with Crippen molar-refractivity contribution < 1.29 is 19.3 Å². The third-order valence-electron chi connectivity index (χ3n) is 3.60. The van der Waals surface area contributed by atoms with E-state index in [1.165, 1.54) is 24.5 Å². The summed E-state index contributed by atoms with van der Waals surface area (Å²) in [4.78, 5) is 0. The molecule has 0 fully saturated rings. The largest absolute Gasteiger partial charge is 0.491 e. The van der Waals surface area contributed by atoms with Gasteiger partial charge < -0.3 is 19.3 Å². The highest BCUT2D eigenvalue weighted by Gasteiger charge is 2.14. The van der Waals surface area contributed by atoms with Crippen LogP contribution in [0.25, 0.3) is 0 Å². The summed E-state index contributed by atoms with van der Waals surface area (Å²) in [6, 6.07) is 8.18. The van der Waals surface area contributed by atoms with E-state index >= 15 is 0 Å². The predicted octanol–water partition coefficient (Wildman–Crippen LogP) is 3.38. The fraction of sp³-hybridized carbons (Fsp3) is 0.579. The molecule has 1 aromatic carbocycles. The maximum atomic E-state index is 9.72. The van der Waals surface area contributed by atoms with Crippen LogP contribution in [0.4, 0.5) is 0 Å². The van der Waals surface area contributed by atoms with Crippen molar-refractivity contribution in [3.05, 3.63) is 42.5 Å². The zero-order valence-corrected chi connectivity index (χ0v) is 14.4. The van der Waals surface area contributed by atoms with Crippen LogP contribution in [0.5, 0.6) is 5.75 Å². The van der Waals surface area contributed by atoms with Gasteiger partial charge in [0.2, 0.25) is 0 Å². The molecule has 1 N–H and O–H groups in total. The highest BCUT2D eigenvalue weighted by molar-refractivity contribution is 5.27. The molecule has 1 aromatic rings. The van der Waals surface area contributed by atoms with Gasteiger partial charge in [0.05, 0.1) is 25.4 Å². The van der Waals surface area contributed by atoms with Crippen LogP contribution in [-0.2, 0) is 15.9 Å². The number of aliphatic hydroxyl groups is 1. The lowest BCUT2D eigenvalue weighted by Gasteiger charge is -2.20. The summed E-state index contributed by atoms with van der Waals surface area (Å²) in [5, 5.41) is 9.72. The summed E-state index contributed by atoms with van der Waals surface area (Å²) in [6.45, 7) is 7.17. The summed E-state index contributed by atoms with van der Waals surface area (Å²) in [5.41, 5.74) is 1.33. The molecule has 0 amide bonds. The fourth-order valence-electron chi connectivity index (χ4n) is 2.17. The number of ether oxygens (including phenoxy) is 3. The van der Waals surface area contributed by atoms with Gasteiger partial charge in [0.1, 0.15) is 12.4 Å². The van der Waals surface area contributed by atoms with Crippen molar-refractivity contribution in [1.82, 2.24) is 0 Å². The number of aliphatic hydroxyl groups excluding tert-OH is 1. The zero-order chi connectivity index (χ0) is 16.9. The quantitative estimate of drug-likeness (QED) is 0.447. The average Bonchev–Trinajstić information content (AvgIpc) is 2.58. The molecule has 4 nitrogen and oxygen atoms in total. The highest BCUT2D eigenvalue weighted by atomic mass is 16.5. The molecule has 0 aromatic heterocycles. The molecule has 1 rings (SSSR count). The topological polar surface area (TPSA) is 47.9 Å². The number of unbranched alkanes of at least 4 members (excludes halogenated alkanes) is 1. The minimum absolute atomic E-state index is 0.196. The molecule has 0 spiro atoms. The first-order chi connectivity index (χ1) is 11.2. The lowest BCUT2D eigenvalue weighted by Crippen LogP contribution is -2.27. The van der Waals surface area contributed by atoms with Gasteiger partial charge in [-0.2, -0.15) is 0 Å². The van der Waals surface area contributed by atoms with Gasteiger partial charge in [0.25, 0.3) is 0 Å². The molecule has 4 heteroatoms. The Morgan fingerprint density at radius 3 is 2.57 bits per heavy atom. The maximum absolute atomic E-state index is 9.72. The first-order valence-corrected chi connectivity index (χ1v) is 8.32. The monoisotopic (exact) mass is 322 g/mol. The molecule has 0 saturated carbocycles. The molecular weight excluding hydrogens is 292 g/mol. The Balaban J connectivity index is 2.46. The molecule has 2 unspecified atom stereocenters. The van der Waals surface area contributed by atoms with Crippen LogP contribution in [0.15, 0.2) is 36.9 Å². The van der Waals surface area contributed by atoms with Crippen molar-refractivity contribution in [3.63, 3.8) is 0 Å². The minimum atomic E-state index is -0.595. The lowest BCUT2D eigenvalue weighted by molar-refractivity contribution is -0.0232. The predicted molar refractivity (Wildman–Crippen MR) is 93.0 cm³/mol. The van der Waals surface area contributed by atoms with Crippen LogP contribution in [0.1, 0.15) is 31.7 Å². The summed E-state index contributed by atoms with van der Waals surface area (Å²) in [5.74, 6) is 0.818. The Kier molecular flexibility index (Phi) is 10.4. The Morgan fingerprint density at radius 2 is 1.96 bits per heavy atom.